The molecule has 2 amide bonds. The van der Waals surface area contributed by atoms with Gasteiger partial charge in [0.25, 0.3) is 0 Å². The number of carboxylic acid groups (broad SMARTS) is 2. The number of nitrogens with one attached hydrogen (secondary N) is 1. The molecule has 0 saturated carbocycles. The van der Waals surface area contributed by atoms with Crippen molar-refractivity contribution in [3.8, 4) is 0 Å². The average molecular weight is 391 g/mol. The van der Waals surface area contributed by atoms with Crippen LogP contribution in [0.25, 0.3) is 0 Å². The average Bonchev–Trinajstić information content (AvgIpc) is 3.09. The van der Waals surface area contributed by atoms with Crippen molar-refractivity contribution >= 4 is 23.8 Å². The lowest BCUT2D eigenvalue weighted by molar-refractivity contribution is -0.148. The zero-order chi connectivity index (χ0) is 20.7. The fourth-order valence-electron chi connectivity index (χ4n) is 3.60. The molecule has 9 heteroatoms. The Morgan fingerprint density at radius 3 is 2.43 bits per heavy atom. The number of nitrogens with zero attached hydrogens (tertiary/aromatic N) is 1. The first-order valence-corrected chi connectivity index (χ1v) is 9.10. The molecular weight excluding hydrogens is 366 g/mol. The first-order chi connectivity index (χ1) is 13.3. The number of nitrogens with two attached hydrogens (primary N) is 1. The number of carbonyl (C=O) groups is 4. The molecule has 2 atom stereocenters. The van der Waals surface area contributed by atoms with Crippen molar-refractivity contribution < 1.29 is 29.4 Å². The van der Waals surface area contributed by atoms with Crippen LogP contribution < -0.4 is 11.1 Å². The summed E-state index contributed by atoms with van der Waals surface area (Å²) in [7, 11) is 0. The Morgan fingerprint density at radius 1 is 1.18 bits per heavy atom. The van der Waals surface area contributed by atoms with Crippen molar-refractivity contribution in [2.24, 2.45) is 5.73 Å². The van der Waals surface area contributed by atoms with E-state index in [1.54, 1.807) is 0 Å². The van der Waals surface area contributed by atoms with Crippen LogP contribution in [-0.2, 0) is 25.6 Å². The number of carboxylic acids is 2. The number of likely N-dealkylation sites (tertiary alicyclic amines) is 1. The van der Waals surface area contributed by atoms with Gasteiger partial charge in [0.05, 0.1) is 6.54 Å². The largest absolute Gasteiger partial charge is 0.481 e. The summed E-state index contributed by atoms with van der Waals surface area (Å²) in [4.78, 5) is 49.3. The zero-order valence-corrected chi connectivity index (χ0v) is 15.5. The van der Waals surface area contributed by atoms with Gasteiger partial charge >= 0.3 is 11.9 Å². The maximum absolute atomic E-state index is 13.2. The van der Waals surface area contributed by atoms with Crippen LogP contribution in [0.2, 0.25) is 0 Å². The summed E-state index contributed by atoms with van der Waals surface area (Å²) >= 11 is 0. The van der Waals surface area contributed by atoms with E-state index < -0.39 is 35.8 Å². The Morgan fingerprint density at radius 2 is 1.86 bits per heavy atom. The van der Waals surface area contributed by atoms with Gasteiger partial charge in [-0.2, -0.15) is 0 Å². The standard InChI is InChI=1S/C19H25N3O6/c20-12-15(23)22-10-4-9-19(22,11-13-5-2-1-3-6-13)18(28)21-14(17(26)27)7-8-16(24)25/h1-3,5-6,14H,4,7-12,20H2,(H,21,28)(H,24,25)(H,26,27). The van der Waals surface area contributed by atoms with Crippen molar-refractivity contribution in [1.82, 2.24) is 10.2 Å². The zero-order valence-electron chi connectivity index (χ0n) is 15.5. The molecular formula is C19H25N3O6. The van der Waals surface area contributed by atoms with Crippen molar-refractivity contribution in [1.29, 1.82) is 0 Å². The van der Waals surface area contributed by atoms with Crippen LogP contribution in [-0.4, -0.2) is 63.5 Å². The summed E-state index contributed by atoms with van der Waals surface area (Å²) in [6, 6.07) is 7.77. The van der Waals surface area contributed by atoms with Crippen LogP contribution in [0.5, 0.6) is 0 Å². The molecule has 152 valence electrons. The Kier molecular flexibility index (Phi) is 7.11. The van der Waals surface area contributed by atoms with E-state index in [1.807, 2.05) is 30.3 Å². The molecule has 5 N–H and O–H groups in total. The monoisotopic (exact) mass is 391 g/mol. The number of amides is 2. The molecule has 1 aromatic carbocycles. The minimum atomic E-state index is -1.35. The highest BCUT2D eigenvalue weighted by Gasteiger charge is 2.50. The molecule has 0 spiro atoms. The predicted molar refractivity (Wildman–Crippen MR) is 99.3 cm³/mol. The number of hydrogen-bond donors (Lipinski definition) is 4. The minimum absolute atomic E-state index is 0.219. The van der Waals surface area contributed by atoms with E-state index in [4.69, 9.17) is 10.8 Å². The highest BCUT2D eigenvalue weighted by atomic mass is 16.4. The molecule has 1 heterocycles. The predicted octanol–water partition coefficient (Wildman–Crippen LogP) is -0.0168. The Balaban J connectivity index is 2.32. The Labute approximate surface area is 162 Å². The molecule has 1 fully saturated rings. The van der Waals surface area contributed by atoms with Gasteiger partial charge in [-0.05, 0) is 24.8 Å². The smallest absolute Gasteiger partial charge is 0.326 e. The van der Waals surface area contributed by atoms with Crippen molar-refractivity contribution in [2.45, 2.75) is 43.7 Å². The summed E-state index contributed by atoms with van der Waals surface area (Å²) in [5.41, 5.74) is 5.09. The number of carbonyl (C=O) groups excluding carboxylic acids is 2. The van der Waals surface area contributed by atoms with Gasteiger partial charge in [-0.1, -0.05) is 30.3 Å². The molecule has 0 radical (unpaired) electrons. The molecule has 1 aliphatic heterocycles. The molecule has 28 heavy (non-hydrogen) atoms. The van der Waals surface area contributed by atoms with Crippen molar-refractivity contribution in [3.05, 3.63) is 35.9 Å². The van der Waals surface area contributed by atoms with Crippen LogP contribution in [0, 0.1) is 0 Å². The minimum Gasteiger partial charge on any atom is -0.481 e. The van der Waals surface area contributed by atoms with Crippen LogP contribution >= 0.6 is 0 Å². The van der Waals surface area contributed by atoms with Gasteiger partial charge in [0, 0.05) is 19.4 Å². The van der Waals surface area contributed by atoms with Gasteiger partial charge in [-0.3, -0.25) is 14.4 Å². The number of aliphatic carboxylic acids is 2. The van der Waals surface area contributed by atoms with E-state index in [2.05, 4.69) is 5.32 Å². The van der Waals surface area contributed by atoms with Crippen molar-refractivity contribution in [2.75, 3.05) is 13.1 Å². The molecule has 1 saturated heterocycles. The van der Waals surface area contributed by atoms with Gasteiger partial charge in [-0.25, -0.2) is 4.79 Å². The van der Waals surface area contributed by atoms with Gasteiger partial charge in [-0.15, -0.1) is 0 Å². The van der Waals surface area contributed by atoms with Crippen LogP contribution in [0.15, 0.2) is 30.3 Å². The molecule has 2 rings (SSSR count). The topological polar surface area (TPSA) is 150 Å². The molecule has 1 aromatic rings. The van der Waals surface area contributed by atoms with E-state index >= 15 is 0 Å². The Hall–Kier alpha value is -2.94. The Bertz CT molecular complexity index is 738. The van der Waals surface area contributed by atoms with E-state index in [9.17, 15) is 24.3 Å². The van der Waals surface area contributed by atoms with Gasteiger partial charge in [0.15, 0.2) is 0 Å². The van der Waals surface area contributed by atoms with Crippen LogP contribution in [0.3, 0.4) is 0 Å². The maximum atomic E-state index is 13.2. The highest BCUT2D eigenvalue weighted by molar-refractivity contribution is 5.95. The lowest BCUT2D eigenvalue weighted by Crippen LogP contribution is -2.61. The summed E-state index contributed by atoms with van der Waals surface area (Å²) < 4.78 is 0. The first-order valence-electron chi connectivity index (χ1n) is 9.10. The number of benzene rings is 1. The summed E-state index contributed by atoms with van der Waals surface area (Å²) in [5, 5.41) is 20.6. The second-order valence-electron chi connectivity index (χ2n) is 6.84. The third kappa shape index (κ3) is 4.86. The molecule has 9 nitrogen and oxygen atoms in total. The second kappa shape index (κ2) is 9.32. The van der Waals surface area contributed by atoms with Gasteiger partial charge < -0.3 is 26.2 Å². The molecule has 0 aromatic heterocycles. The number of rotatable bonds is 9. The van der Waals surface area contributed by atoms with E-state index in [0.29, 0.717) is 19.4 Å². The van der Waals surface area contributed by atoms with Gasteiger partial charge in [0.2, 0.25) is 11.8 Å². The van der Waals surface area contributed by atoms with E-state index in [1.165, 1.54) is 4.90 Å². The second-order valence-corrected chi connectivity index (χ2v) is 6.84. The SMILES string of the molecule is NCC(=O)N1CCCC1(Cc1ccccc1)C(=O)NC(CCC(=O)O)C(=O)O. The lowest BCUT2D eigenvalue weighted by atomic mass is 9.86. The molecule has 0 bridgehead atoms. The highest BCUT2D eigenvalue weighted by Crippen LogP contribution is 2.33. The van der Waals surface area contributed by atoms with Gasteiger partial charge in [0.1, 0.15) is 11.6 Å². The molecule has 2 unspecified atom stereocenters. The summed E-state index contributed by atoms with van der Waals surface area (Å²) in [6.45, 7) is 0.0916. The van der Waals surface area contributed by atoms with Crippen molar-refractivity contribution in [3.63, 3.8) is 0 Å². The molecule has 0 aliphatic carbocycles. The van der Waals surface area contributed by atoms with Crippen LogP contribution in [0.1, 0.15) is 31.2 Å². The fourth-order valence-corrected chi connectivity index (χ4v) is 3.60. The van der Waals surface area contributed by atoms with Crippen LogP contribution in [0.4, 0.5) is 0 Å². The quantitative estimate of drug-likeness (QED) is 0.462. The van der Waals surface area contributed by atoms with E-state index in [0.717, 1.165) is 5.56 Å². The maximum Gasteiger partial charge on any atom is 0.326 e. The first kappa shape index (κ1) is 21.4. The molecule has 1 aliphatic rings. The normalized spacial score (nSPS) is 19.8. The third-order valence-corrected chi connectivity index (χ3v) is 4.98. The third-order valence-electron chi connectivity index (χ3n) is 4.98. The summed E-state index contributed by atoms with van der Waals surface area (Å²) in [6.07, 6.45) is 0.525. The fraction of sp³-hybridized carbons (Fsp3) is 0.474. The number of hydrogen-bond acceptors (Lipinski definition) is 5. The lowest BCUT2D eigenvalue weighted by Gasteiger charge is -2.38. The summed E-state index contributed by atoms with van der Waals surface area (Å²) in [5.74, 6) is -3.46. The van der Waals surface area contributed by atoms with E-state index in [-0.39, 0.29) is 25.3 Å².